The Labute approximate surface area is 89.2 Å². The molecule has 2 aliphatic carbocycles. The molecule has 1 atom stereocenters. The van der Waals surface area contributed by atoms with Gasteiger partial charge in [0.2, 0.25) is 5.92 Å². The summed E-state index contributed by atoms with van der Waals surface area (Å²) in [6.07, 6.45) is 6.36. The van der Waals surface area contributed by atoms with Crippen LogP contribution in [0.3, 0.4) is 0 Å². The van der Waals surface area contributed by atoms with Crippen molar-refractivity contribution in [1.82, 2.24) is 0 Å². The van der Waals surface area contributed by atoms with Crippen molar-refractivity contribution in [2.75, 3.05) is 0 Å². The van der Waals surface area contributed by atoms with E-state index in [1.807, 2.05) is 0 Å². The van der Waals surface area contributed by atoms with Crippen molar-refractivity contribution in [1.29, 1.82) is 0 Å². The normalized spacial score (nSPS) is 33.1. The second-order valence-corrected chi connectivity index (χ2v) is 5.36. The third-order valence-corrected chi connectivity index (χ3v) is 4.05. The first-order chi connectivity index (χ1) is 7.05. The number of hydrogen-bond acceptors (Lipinski definition) is 1. The maximum absolute atomic E-state index is 13.0. The zero-order chi connectivity index (χ0) is 10.9. The van der Waals surface area contributed by atoms with Gasteiger partial charge in [0.05, 0.1) is 0 Å². The Balaban J connectivity index is 1.94. The molecule has 2 fully saturated rings. The smallest absolute Gasteiger partial charge is 0.248 e. The summed E-state index contributed by atoms with van der Waals surface area (Å²) in [6, 6.07) is 0. The fourth-order valence-corrected chi connectivity index (χ4v) is 3.24. The van der Waals surface area contributed by atoms with E-state index in [-0.39, 0.29) is 24.2 Å². The zero-order valence-corrected chi connectivity index (χ0v) is 8.98. The number of rotatable bonds is 3. The zero-order valence-electron chi connectivity index (χ0n) is 8.98. The standard InChI is InChI=1S/C12H18F2O/c13-12(14)6-3-10(8-12)7-11(9-15)4-1-2-5-11/h9-10H,1-8H2. The van der Waals surface area contributed by atoms with Crippen molar-refractivity contribution in [3.8, 4) is 0 Å². The number of carbonyl (C=O) groups excluding carboxylic acids is 1. The molecule has 2 saturated carbocycles. The second-order valence-electron chi connectivity index (χ2n) is 5.36. The predicted octanol–water partition coefficient (Wildman–Crippen LogP) is 3.57. The van der Waals surface area contributed by atoms with Crippen LogP contribution < -0.4 is 0 Å². The minimum atomic E-state index is -2.46. The Morgan fingerprint density at radius 1 is 1.20 bits per heavy atom. The average Bonchev–Trinajstić information content (AvgIpc) is 2.75. The molecule has 0 aromatic rings. The molecule has 0 heterocycles. The number of halogens is 2. The molecule has 3 heteroatoms. The monoisotopic (exact) mass is 216 g/mol. The van der Waals surface area contributed by atoms with Gasteiger partial charge in [-0.25, -0.2) is 8.78 Å². The third kappa shape index (κ3) is 2.37. The molecule has 1 unspecified atom stereocenters. The number of hydrogen-bond donors (Lipinski definition) is 0. The van der Waals surface area contributed by atoms with Crippen LogP contribution in [0.25, 0.3) is 0 Å². The van der Waals surface area contributed by atoms with Crippen LogP contribution in [0.15, 0.2) is 0 Å². The topological polar surface area (TPSA) is 17.1 Å². The van der Waals surface area contributed by atoms with Crippen molar-refractivity contribution in [3.63, 3.8) is 0 Å². The van der Waals surface area contributed by atoms with Gasteiger partial charge in [-0.15, -0.1) is 0 Å². The van der Waals surface area contributed by atoms with E-state index in [9.17, 15) is 13.6 Å². The van der Waals surface area contributed by atoms with Crippen molar-refractivity contribution >= 4 is 6.29 Å². The molecule has 0 aromatic heterocycles. The van der Waals surface area contributed by atoms with Gasteiger partial charge in [-0.2, -0.15) is 0 Å². The van der Waals surface area contributed by atoms with Gasteiger partial charge in [0.25, 0.3) is 0 Å². The summed E-state index contributed by atoms with van der Waals surface area (Å²) >= 11 is 0. The molecule has 1 nitrogen and oxygen atoms in total. The minimum absolute atomic E-state index is 0.00257. The van der Waals surface area contributed by atoms with Gasteiger partial charge in [0, 0.05) is 18.3 Å². The molecule has 0 bridgehead atoms. The average molecular weight is 216 g/mol. The van der Waals surface area contributed by atoms with Crippen molar-refractivity contribution in [3.05, 3.63) is 0 Å². The van der Waals surface area contributed by atoms with E-state index in [1.54, 1.807) is 0 Å². The highest BCUT2D eigenvalue weighted by molar-refractivity contribution is 5.59. The summed E-state index contributed by atoms with van der Waals surface area (Å²) in [4.78, 5) is 11.1. The first-order valence-corrected chi connectivity index (χ1v) is 5.89. The van der Waals surface area contributed by atoms with Crippen LogP contribution in [0.5, 0.6) is 0 Å². The molecule has 2 rings (SSSR count). The van der Waals surface area contributed by atoms with Crippen LogP contribution in [0, 0.1) is 11.3 Å². The summed E-state index contributed by atoms with van der Waals surface area (Å²) in [5.41, 5.74) is -0.245. The maximum Gasteiger partial charge on any atom is 0.248 e. The van der Waals surface area contributed by atoms with Gasteiger partial charge in [0.1, 0.15) is 6.29 Å². The SMILES string of the molecule is O=CC1(CC2CCC(F)(F)C2)CCCC1. The van der Waals surface area contributed by atoms with Crippen molar-refractivity contribution < 1.29 is 13.6 Å². The Morgan fingerprint density at radius 3 is 2.33 bits per heavy atom. The molecule has 2 aliphatic rings. The number of aldehydes is 1. The van der Waals surface area contributed by atoms with Gasteiger partial charge in [-0.1, -0.05) is 12.8 Å². The highest BCUT2D eigenvalue weighted by Gasteiger charge is 2.44. The fourth-order valence-electron chi connectivity index (χ4n) is 3.24. The molecule has 0 spiro atoms. The predicted molar refractivity (Wildman–Crippen MR) is 53.9 cm³/mol. The summed E-state index contributed by atoms with van der Waals surface area (Å²) in [6.45, 7) is 0. The van der Waals surface area contributed by atoms with E-state index < -0.39 is 5.92 Å². The maximum atomic E-state index is 13.0. The largest absolute Gasteiger partial charge is 0.303 e. The van der Waals surface area contributed by atoms with Crippen molar-refractivity contribution in [2.24, 2.45) is 11.3 Å². The molecular weight excluding hydrogens is 198 g/mol. The fraction of sp³-hybridized carbons (Fsp3) is 0.917. The Bertz CT molecular complexity index is 244. The molecule has 0 radical (unpaired) electrons. The van der Waals surface area contributed by atoms with E-state index in [1.165, 1.54) is 0 Å². The number of alkyl halides is 2. The Hall–Kier alpha value is -0.470. The lowest BCUT2D eigenvalue weighted by atomic mass is 9.78. The molecule has 15 heavy (non-hydrogen) atoms. The van der Waals surface area contributed by atoms with Crippen LogP contribution in [-0.4, -0.2) is 12.2 Å². The molecule has 0 aromatic carbocycles. The highest BCUT2D eigenvalue weighted by Crippen LogP contribution is 2.48. The molecule has 0 aliphatic heterocycles. The van der Waals surface area contributed by atoms with Gasteiger partial charge < -0.3 is 4.79 Å². The van der Waals surface area contributed by atoms with Gasteiger partial charge in [-0.3, -0.25) is 0 Å². The van der Waals surface area contributed by atoms with E-state index in [0.717, 1.165) is 32.0 Å². The first-order valence-electron chi connectivity index (χ1n) is 5.89. The summed E-state index contributed by atoms with van der Waals surface area (Å²) < 4.78 is 26.0. The van der Waals surface area contributed by atoms with Crippen molar-refractivity contribution in [2.45, 2.75) is 57.3 Å². The van der Waals surface area contributed by atoms with E-state index in [4.69, 9.17) is 0 Å². The summed E-state index contributed by atoms with van der Waals surface area (Å²) in [5, 5.41) is 0. The lowest BCUT2D eigenvalue weighted by Crippen LogP contribution is -2.22. The van der Waals surface area contributed by atoms with Gasteiger partial charge in [-0.05, 0) is 31.6 Å². The van der Waals surface area contributed by atoms with E-state index in [0.29, 0.717) is 12.8 Å². The van der Waals surface area contributed by atoms with Crippen LogP contribution in [0.1, 0.15) is 51.4 Å². The molecular formula is C12H18F2O. The molecule has 0 saturated heterocycles. The molecule has 0 N–H and O–H groups in total. The quantitative estimate of drug-likeness (QED) is 0.659. The molecule has 0 amide bonds. The van der Waals surface area contributed by atoms with Gasteiger partial charge in [0.15, 0.2) is 0 Å². The highest BCUT2D eigenvalue weighted by atomic mass is 19.3. The minimum Gasteiger partial charge on any atom is -0.303 e. The summed E-state index contributed by atoms with van der Waals surface area (Å²) in [7, 11) is 0. The van der Waals surface area contributed by atoms with Gasteiger partial charge >= 0.3 is 0 Å². The first kappa shape index (κ1) is 11.0. The lowest BCUT2D eigenvalue weighted by molar-refractivity contribution is -0.117. The molecule has 86 valence electrons. The Morgan fingerprint density at radius 2 is 1.87 bits per heavy atom. The van der Waals surface area contributed by atoms with E-state index in [2.05, 4.69) is 0 Å². The number of carbonyl (C=O) groups is 1. The third-order valence-electron chi connectivity index (χ3n) is 4.05. The van der Waals surface area contributed by atoms with E-state index >= 15 is 0 Å². The Kier molecular flexibility index (Phi) is 2.82. The van der Waals surface area contributed by atoms with Crippen LogP contribution in [-0.2, 0) is 4.79 Å². The lowest BCUT2D eigenvalue weighted by Gasteiger charge is -2.25. The second kappa shape index (κ2) is 3.84. The van der Waals surface area contributed by atoms with Crippen LogP contribution in [0.4, 0.5) is 8.78 Å². The summed E-state index contributed by atoms with van der Waals surface area (Å²) in [5.74, 6) is -2.39. The van der Waals surface area contributed by atoms with Crippen LogP contribution >= 0.6 is 0 Å². The van der Waals surface area contributed by atoms with Crippen LogP contribution in [0.2, 0.25) is 0 Å².